The largest absolute Gasteiger partial charge is 0.497 e. The molecule has 24 heavy (non-hydrogen) atoms. The summed E-state index contributed by atoms with van der Waals surface area (Å²) in [7, 11) is 1.70. The molecule has 4 nitrogen and oxygen atoms in total. The Labute approximate surface area is 141 Å². The van der Waals surface area contributed by atoms with Crippen LogP contribution in [-0.4, -0.2) is 35.9 Å². The van der Waals surface area contributed by atoms with Gasteiger partial charge in [0.05, 0.1) is 13.2 Å². The predicted octanol–water partition coefficient (Wildman–Crippen LogP) is 3.24. The number of hydrogen-bond acceptors (Lipinski definition) is 3. The number of methoxy groups -OCH3 is 1. The fourth-order valence-electron chi connectivity index (χ4n) is 5.33. The second-order valence-electron chi connectivity index (χ2n) is 7.31. The molecule has 3 fully saturated rings. The average Bonchev–Trinajstić information content (AvgIpc) is 2.99. The Hall–Kier alpha value is -2.07. The molecule has 1 N–H and O–H groups in total. The molecule has 0 amide bonds. The van der Waals surface area contributed by atoms with Crippen molar-refractivity contribution < 1.29 is 9.53 Å². The minimum atomic E-state index is 0.137. The van der Waals surface area contributed by atoms with E-state index in [2.05, 4.69) is 35.0 Å². The van der Waals surface area contributed by atoms with Crippen molar-refractivity contribution in [2.75, 3.05) is 13.7 Å². The van der Waals surface area contributed by atoms with Crippen molar-refractivity contribution in [3.05, 3.63) is 41.1 Å². The molecule has 124 valence electrons. The van der Waals surface area contributed by atoms with Crippen LogP contribution >= 0.6 is 0 Å². The van der Waals surface area contributed by atoms with E-state index >= 15 is 0 Å². The topological polar surface area (TPSA) is 45.3 Å². The first-order chi connectivity index (χ1) is 11.7. The van der Waals surface area contributed by atoms with Crippen LogP contribution in [0.2, 0.25) is 0 Å². The number of hydrogen-bond donors (Lipinski definition) is 1. The molecule has 1 aromatic carbocycles. The smallest absolute Gasteiger partial charge is 0.125 e. The highest BCUT2D eigenvalue weighted by molar-refractivity contribution is 5.86. The van der Waals surface area contributed by atoms with Crippen LogP contribution < -0.4 is 4.74 Å². The Morgan fingerprint density at radius 1 is 1.38 bits per heavy atom. The van der Waals surface area contributed by atoms with E-state index in [1.54, 1.807) is 7.11 Å². The Morgan fingerprint density at radius 2 is 2.25 bits per heavy atom. The van der Waals surface area contributed by atoms with E-state index in [9.17, 15) is 4.79 Å². The van der Waals surface area contributed by atoms with E-state index in [0.717, 1.165) is 30.7 Å². The van der Waals surface area contributed by atoms with Gasteiger partial charge < -0.3 is 14.5 Å². The van der Waals surface area contributed by atoms with Crippen LogP contribution in [0.15, 0.2) is 29.8 Å². The highest BCUT2D eigenvalue weighted by Gasteiger charge is 2.52. The molecule has 5 heterocycles. The van der Waals surface area contributed by atoms with Crippen molar-refractivity contribution in [2.45, 2.75) is 31.8 Å². The molecule has 4 heteroatoms. The number of benzene rings is 1. The van der Waals surface area contributed by atoms with E-state index in [0.29, 0.717) is 18.0 Å². The number of fused-ring (bicyclic) bond motifs is 4. The predicted molar refractivity (Wildman–Crippen MR) is 93.2 cm³/mol. The summed E-state index contributed by atoms with van der Waals surface area (Å²) in [6.07, 6.45) is 5.45. The van der Waals surface area contributed by atoms with Crippen LogP contribution in [0.5, 0.6) is 5.75 Å². The molecule has 2 aromatic rings. The molecule has 6 rings (SSSR count). The molecular formula is C20H22N2O2. The van der Waals surface area contributed by atoms with Crippen molar-refractivity contribution in [2.24, 2.45) is 11.8 Å². The summed E-state index contributed by atoms with van der Waals surface area (Å²) in [5.74, 6) is 1.44. The van der Waals surface area contributed by atoms with Gasteiger partial charge in [-0.05, 0) is 43.4 Å². The zero-order chi connectivity index (χ0) is 16.4. The summed E-state index contributed by atoms with van der Waals surface area (Å²) in [5, 5.41) is 1.29. The Morgan fingerprint density at radius 3 is 3.00 bits per heavy atom. The maximum Gasteiger partial charge on any atom is 0.125 e. The monoisotopic (exact) mass is 322 g/mol. The second kappa shape index (κ2) is 4.96. The van der Waals surface area contributed by atoms with Gasteiger partial charge in [0, 0.05) is 41.2 Å². The number of piperidine rings is 3. The number of carbonyl (C=O) groups excluding carboxylic acids is 1. The van der Waals surface area contributed by atoms with Gasteiger partial charge in [-0.2, -0.15) is 0 Å². The molecule has 4 aliphatic heterocycles. The highest BCUT2D eigenvalue weighted by Crippen LogP contribution is 2.53. The SMILES string of the molecule is C/C=C1/CN2[C@H]3C[C@@H]1[C@H](C=O)[C@@H]2Cc1c3[nH]c2cc(OC)ccc12. The molecule has 0 radical (unpaired) electrons. The normalized spacial score (nSPS) is 35.2. The van der Waals surface area contributed by atoms with Crippen molar-refractivity contribution in [3.63, 3.8) is 0 Å². The van der Waals surface area contributed by atoms with Gasteiger partial charge in [0.2, 0.25) is 0 Å². The lowest BCUT2D eigenvalue weighted by Gasteiger charge is -2.57. The fourth-order valence-corrected chi connectivity index (χ4v) is 5.33. The number of rotatable bonds is 2. The molecule has 0 spiro atoms. The first-order valence-electron chi connectivity index (χ1n) is 8.79. The second-order valence-corrected chi connectivity index (χ2v) is 7.31. The number of carbonyl (C=O) groups is 1. The Balaban J connectivity index is 1.67. The first kappa shape index (κ1) is 14.3. The molecule has 3 saturated heterocycles. The van der Waals surface area contributed by atoms with Gasteiger partial charge >= 0.3 is 0 Å². The molecule has 5 atom stereocenters. The standard InChI is InChI=1S/C20H22N2O2/c1-3-11-9-22-18-8-15-13-5-4-12(24-2)6-17(13)21-20(15)19(22)7-14(11)16(18)10-23/h3-6,10,14,16,18-19,21H,7-9H2,1-2H3/b11-3-/t14-,16-,18-,19-/m0/s1. The van der Waals surface area contributed by atoms with Crippen LogP contribution in [0.1, 0.15) is 30.6 Å². The van der Waals surface area contributed by atoms with Gasteiger partial charge in [-0.3, -0.25) is 4.90 Å². The lowest BCUT2D eigenvalue weighted by Crippen LogP contribution is -2.60. The lowest BCUT2D eigenvalue weighted by atomic mass is 9.64. The molecule has 1 unspecified atom stereocenters. The summed E-state index contributed by atoms with van der Waals surface area (Å²) in [4.78, 5) is 18.1. The maximum absolute atomic E-state index is 11.8. The number of aldehydes is 1. The van der Waals surface area contributed by atoms with Crippen molar-refractivity contribution in [3.8, 4) is 5.75 Å². The number of allylic oxidation sites excluding steroid dienone is 1. The van der Waals surface area contributed by atoms with E-state index in [1.165, 1.54) is 28.5 Å². The van der Waals surface area contributed by atoms with Crippen LogP contribution in [0.25, 0.3) is 10.9 Å². The summed E-state index contributed by atoms with van der Waals surface area (Å²) >= 11 is 0. The van der Waals surface area contributed by atoms with Crippen LogP contribution in [0.3, 0.4) is 0 Å². The quantitative estimate of drug-likeness (QED) is 0.682. The van der Waals surface area contributed by atoms with Crippen LogP contribution in [0, 0.1) is 11.8 Å². The van der Waals surface area contributed by atoms with E-state index in [4.69, 9.17) is 4.74 Å². The van der Waals surface area contributed by atoms with Crippen molar-refractivity contribution in [1.82, 2.24) is 9.88 Å². The maximum atomic E-state index is 11.8. The summed E-state index contributed by atoms with van der Waals surface area (Å²) in [5.41, 5.74) is 5.37. The lowest BCUT2D eigenvalue weighted by molar-refractivity contribution is -0.121. The minimum Gasteiger partial charge on any atom is -0.497 e. The molecule has 4 aliphatic rings. The van der Waals surface area contributed by atoms with Gasteiger partial charge in [0.25, 0.3) is 0 Å². The first-order valence-corrected chi connectivity index (χ1v) is 8.79. The van der Waals surface area contributed by atoms with Crippen molar-refractivity contribution in [1.29, 1.82) is 0 Å². The number of aromatic nitrogens is 1. The molecule has 1 aromatic heterocycles. The Kier molecular flexibility index (Phi) is 2.95. The van der Waals surface area contributed by atoms with E-state index < -0.39 is 0 Å². The van der Waals surface area contributed by atoms with Gasteiger partial charge in [0.1, 0.15) is 12.0 Å². The molecule has 0 saturated carbocycles. The van der Waals surface area contributed by atoms with Gasteiger partial charge in [0.15, 0.2) is 0 Å². The Bertz CT molecular complexity index is 866. The number of ether oxygens (including phenoxy) is 1. The average molecular weight is 322 g/mol. The number of H-pyrrole nitrogens is 1. The zero-order valence-corrected chi connectivity index (χ0v) is 14.1. The fraction of sp³-hybridized carbons (Fsp3) is 0.450. The summed E-state index contributed by atoms with van der Waals surface area (Å²) in [6.45, 7) is 3.12. The summed E-state index contributed by atoms with van der Waals surface area (Å²) < 4.78 is 5.37. The third-order valence-corrected chi connectivity index (χ3v) is 6.47. The third-order valence-electron chi connectivity index (χ3n) is 6.47. The number of nitrogens with one attached hydrogen (secondary N) is 1. The van der Waals surface area contributed by atoms with E-state index in [-0.39, 0.29) is 5.92 Å². The number of nitrogens with zero attached hydrogens (tertiary/aromatic N) is 1. The van der Waals surface area contributed by atoms with Gasteiger partial charge in [-0.15, -0.1) is 0 Å². The van der Waals surface area contributed by atoms with Crippen LogP contribution in [0.4, 0.5) is 0 Å². The minimum absolute atomic E-state index is 0.137. The molecule has 4 bridgehead atoms. The molecular weight excluding hydrogens is 300 g/mol. The highest BCUT2D eigenvalue weighted by atomic mass is 16.5. The van der Waals surface area contributed by atoms with Crippen LogP contribution in [-0.2, 0) is 11.2 Å². The van der Waals surface area contributed by atoms with Crippen molar-refractivity contribution >= 4 is 17.2 Å². The number of aromatic amines is 1. The summed E-state index contributed by atoms with van der Waals surface area (Å²) in [6, 6.07) is 7.04. The zero-order valence-electron chi connectivity index (χ0n) is 14.1. The van der Waals surface area contributed by atoms with E-state index in [1.807, 2.05) is 6.07 Å². The molecule has 0 aliphatic carbocycles. The third kappa shape index (κ3) is 1.69. The van der Waals surface area contributed by atoms with Gasteiger partial charge in [-0.1, -0.05) is 11.6 Å². The van der Waals surface area contributed by atoms with Gasteiger partial charge in [-0.25, -0.2) is 0 Å².